The van der Waals surface area contributed by atoms with E-state index in [0.717, 1.165) is 24.0 Å². The molecule has 3 rings (SSSR count). The maximum Gasteiger partial charge on any atom is 0.199 e. The zero-order valence-corrected chi connectivity index (χ0v) is 13.6. The van der Waals surface area contributed by atoms with Gasteiger partial charge in [0.15, 0.2) is 11.6 Å². The summed E-state index contributed by atoms with van der Waals surface area (Å²) in [6.45, 7) is 5.67. The summed E-state index contributed by atoms with van der Waals surface area (Å²) in [6, 6.07) is 4.06. The van der Waals surface area contributed by atoms with Crippen LogP contribution in [0.5, 0.6) is 0 Å². The molecule has 1 fully saturated rings. The van der Waals surface area contributed by atoms with Gasteiger partial charge in [0.2, 0.25) is 0 Å². The van der Waals surface area contributed by atoms with Crippen molar-refractivity contribution in [1.82, 2.24) is 0 Å². The minimum Gasteiger partial charge on any atom is -0.293 e. The largest absolute Gasteiger partial charge is 0.293 e. The van der Waals surface area contributed by atoms with Gasteiger partial charge in [-0.3, -0.25) is 9.59 Å². The highest BCUT2D eigenvalue weighted by molar-refractivity contribution is 6.13. The molecule has 0 bridgehead atoms. The summed E-state index contributed by atoms with van der Waals surface area (Å²) >= 11 is 0. The van der Waals surface area contributed by atoms with Crippen LogP contribution in [-0.4, -0.2) is 11.6 Å². The van der Waals surface area contributed by atoms with Gasteiger partial charge >= 0.3 is 0 Å². The first-order chi connectivity index (χ1) is 10.8. The van der Waals surface area contributed by atoms with Gasteiger partial charge in [0.1, 0.15) is 12.1 Å². The number of hydrogen-bond acceptors (Lipinski definition) is 4. The highest BCUT2D eigenvalue weighted by atomic mass is 16.1. The third kappa shape index (κ3) is 1.95. The van der Waals surface area contributed by atoms with Crippen LogP contribution in [0, 0.1) is 39.9 Å². The van der Waals surface area contributed by atoms with Gasteiger partial charge in [0, 0.05) is 17.8 Å². The van der Waals surface area contributed by atoms with Crippen LogP contribution in [0.3, 0.4) is 0 Å². The second-order valence-electron chi connectivity index (χ2n) is 6.94. The van der Waals surface area contributed by atoms with E-state index in [-0.39, 0.29) is 34.5 Å². The van der Waals surface area contributed by atoms with Crippen molar-refractivity contribution in [2.45, 2.75) is 40.0 Å². The Morgan fingerprint density at radius 2 is 1.87 bits per heavy atom. The van der Waals surface area contributed by atoms with Gasteiger partial charge in [-0.15, -0.1) is 0 Å². The third-order valence-electron chi connectivity index (χ3n) is 5.88. The van der Waals surface area contributed by atoms with E-state index in [2.05, 4.69) is 6.07 Å². The number of hydrogen-bond donors (Lipinski definition) is 0. The normalized spacial score (nSPS) is 33.5. The van der Waals surface area contributed by atoms with E-state index < -0.39 is 5.41 Å². The number of nitriles is 2. The van der Waals surface area contributed by atoms with Crippen LogP contribution in [0.15, 0.2) is 33.9 Å². The predicted molar refractivity (Wildman–Crippen MR) is 83.7 cm³/mol. The van der Waals surface area contributed by atoms with E-state index in [1.165, 1.54) is 0 Å². The molecule has 0 spiro atoms. The lowest BCUT2D eigenvalue weighted by Crippen LogP contribution is -2.43. The second kappa shape index (κ2) is 5.03. The minimum absolute atomic E-state index is 0.0630. The number of allylic oxidation sites excluding steroid dienone is 6. The molecule has 0 aromatic heterocycles. The van der Waals surface area contributed by atoms with Crippen LogP contribution in [0.1, 0.15) is 40.0 Å². The predicted octanol–water partition coefficient (Wildman–Crippen LogP) is 3.18. The fourth-order valence-electron chi connectivity index (χ4n) is 4.63. The molecule has 1 saturated carbocycles. The van der Waals surface area contributed by atoms with Gasteiger partial charge < -0.3 is 0 Å². The molecule has 4 heteroatoms. The van der Waals surface area contributed by atoms with E-state index in [4.69, 9.17) is 0 Å². The zero-order chi connectivity index (χ0) is 16.9. The van der Waals surface area contributed by atoms with Gasteiger partial charge in [-0.2, -0.15) is 10.5 Å². The number of carbonyl (C=O) groups is 2. The molecule has 0 heterocycles. The molecular weight excluding hydrogens is 288 g/mol. The molecule has 0 aliphatic heterocycles. The molecule has 0 N–H and O–H groups in total. The van der Waals surface area contributed by atoms with Crippen LogP contribution < -0.4 is 0 Å². The van der Waals surface area contributed by atoms with E-state index in [1.807, 2.05) is 19.9 Å². The number of Topliss-reactive ketones (excluding diaryl/α,β-unsaturated/α-hetero) is 2. The molecule has 0 aromatic carbocycles. The minimum atomic E-state index is -0.454. The van der Waals surface area contributed by atoms with E-state index >= 15 is 0 Å². The average Bonchev–Trinajstić information content (AvgIpc) is 2.52. The number of fused-ring (bicyclic) bond motifs is 3. The SMILES string of the molecule is CC1=C2C(CCC3CC(=O)C(C#N)=CC23C)C(C)=C(C#N)C1=O. The Balaban J connectivity index is 2.23. The Morgan fingerprint density at radius 3 is 2.48 bits per heavy atom. The van der Waals surface area contributed by atoms with Gasteiger partial charge in [-0.05, 0) is 49.3 Å². The average molecular weight is 306 g/mol. The van der Waals surface area contributed by atoms with Crippen molar-refractivity contribution < 1.29 is 9.59 Å². The summed E-state index contributed by atoms with van der Waals surface area (Å²) in [6.07, 6.45) is 3.84. The summed E-state index contributed by atoms with van der Waals surface area (Å²) in [5.74, 6) is -0.119. The van der Waals surface area contributed by atoms with Crippen molar-refractivity contribution in [1.29, 1.82) is 10.5 Å². The third-order valence-corrected chi connectivity index (χ3v) is 5.88. The van der Waals surface area contributed by atoms with Crippen molar-refractivity contribution >= 4 is 11.6 Å². The first-order valence-electron chi connectivity index (χ1n) is 7.88. The Hall–Kier alpha value is -2.46. The molecule has 116 valence electrons. The molecule has 0 saturated heterocycles. The van der Waals surface area contributed by atoms with Gasteiger partial charge in [-0.25, -0.2) is 0 Å². The molecule has 0 aromatic rings. The molecule has 3 unspecified atom stereocenters. The summed E-state index contributed by atoms with van der Waals surface area (Å²) in [7, 11) is 0. The van der Waals surface area contributed by atoms with Crippen LogP contribution in [-0.2, 0) is 9.59 Å². The molecular formula is C19H18N2O2. The molecule has 3 atom stereocenters. The molecule has 23 heavy (non-hydrogen) atoms. The molecule has 0 amide bonds. The van der Waals surface area contributed by atoms with Crippen molar-refractivity contribution in [3.63, 3.8) is 0 Å². The van der Waals surface area contributed by atoms with Crippen LogP contribution in [0.4, 0.5) is 0 Å². The number of rotatable bonds is 0. The highest BCUT2D eigenvalue weighted by Crippen LogP contribution is 2.57. The maximum absolute atomic E-state index is 12.6. The Bertz CT molecular complexity index is 813. The van der Waals surface area contributed by atoms with E-state index in [0.29, 0.717) is 12.0 Å². The fraction of sp³-hybridized carbons (Fsp3) is 0.474. The summed E-state index contributed by atoms with van der Waals surface area (Å²) < 4.78 is 0. The maximum atomic E-state index is 12.6. The van der Waals surface area contributed by atoms with Crippen molar-refractivity contribution in [2.24, 2.45) is 17.3 Å². The lowest BCUT2D eigenvalue weighted by atomic mass is 9.53. The van der Waals surface area contributed by atoms with Crippen molar-refractivity contribution in [3.05, 3.63) is 33.9 Å². The quantitative estimate of drug-likeness (QED) is 0.688. The standard InChI is InChI=1S/C19H18N2O2/c1-10-14-5-4-13-6-16(22)12(8-20)7-19(13,3)17(14)11(2)18(23)15(10)9-21/h7,13-14H,4-6H2,1-3H3. The number of carbonyl (C=O) groups excluding carboxylic acids is 2. The second-order valence-corrected chi connectivity index (χ2v) is 6.94. The Morgan fingerprint density at radius 1 is 1.17 bits per heavy atom. The summed E-state index contributed by atoms with van der Waals surface area (Å²) in [4.78, 5) is 24.6. The first kappa shape index (κ1) is 15.4. The van der Waals surface area contributed by atoms with Crippen molar-refractivity contribution in [2.75, 3.05) is 0 Å². The van der Waals surface area contributed by atoms with Crippen molar-refractivity contribution in [3.8, 4) is 12.1 Å². The Kier molecular flexibility index (Phi) is 3.38. The summed E-state index contributed by atoms with van der Waals surface area (Å²) in [5, 5.41) is 18.5. The van der Waals surface area contributed by atoms with E-state index in [1.54, 1.807) is 13.0 Å². The van der Waals surface area contributed by atoms with Crippen LogP contribution in [0.25, 0.3) is 0 Å². The first-order valence-corrected chi connectivity index (χ1v) is 7.88. The number of nitrogens with zero attached hydrogens (tertiary/aromatic N) is 2. The van der Waals surface area contributed by atoms with Gasteiger partial charge in [0.25, 0.3) is 0 Å². The number of ketones is 2. The van der Waals surface area contributed by atoms with E-state index in [9.17, 15) is 20.1 Å². The molecule has 3 aliphatic rings. The smallest absolute Gasteiger partial charge is 0.199 e. The lowest BCUT2D eigenvalue weighted by Gasteiger charge is -2.49. The summed E-state index contributed by atoms with van der Waals surface area (Å²) in [5.41, 5.74) is 2.47. The zero-order valence-electron chi connectivity index (χ0n) is 13.6. The molecule has 4 nitrogen and oxygen atoms in total. The lowest BCUT2D eigenvalue weighted by molar-refractivity contribution is -0.117. The van der Waals surface area contributed by atoms with Crippen LogP contribution >= 0.6 is 0 Å². The fourth-order valence-corrected chi connectivity index (χ4v) is 4.63. The molecule has 0 radical (unpaired) electrons. The monoisotopic (exact) mass is 306 g/mol. The molecule has 3 aliphatic carbocycles. The van der Waals surface area contributed by atoms with Gasteiger partial charge in [-0.1, -0.05) is 13.0 Å². The topological polar surface area (TPSA) is 81.7 Å². The Labute approximate surface area is 135 Å². The van der Waals surface area contributed by atoms with Crippen LogP contribution in [0.2, 0.25) is 0 Å². The van der Waals surface area contributed by atoms with Gasteiger partial charge in [0.05, 0.1) is 11.1 Å². The highest BCUT2D eigenvalue weighted by Gasteiger charge is 2.50.